The summed E-state index contributed by atoms with van der Waals surface area (Å²) in [6.07, 6.45) is -1.52. The first-order valence-corrected chi connectivity index (χ1v) is 14.7. The van der Waals surface area contributed by atoms with Crippen molar-refractivity contribution in [3.8, 4) is 5.75 Å². The Labute approximate surface area is 237 Å². The van der Waals surface area contributed by atoms with E-state index in [1.165, 1.54) is 31.4 Å². The quantitative estimate of drug-likeness (QED) is 0.180. The van der Waals surface area contributed by atoms with E-state index in [1.54, 1.807) is 24.3 Å². The lowest BCUT2D eigenvalue weighted by Crippen LogP contribution is -2.37. The van der Waals surface area contributed by atoms with Gasteiger partial charge in [-0.1, -0.05) is 31.9 Å². The molecule has 38 heavy (non-hydrogen) atoms. The van der Waals surface area contributed by atoms with Crippen LogP contribution < -0.4 is 14.8 Å². The molecule has 0 bridgehead atoms. The summed E-state index contributed by atoms with van der Waals surface area (Å²) in [6.45, 7) is -0.416. The minimum atomic E-state index is -4.09. The second-order valence-electron chi connectivity index (χ2n) is 8.83. The van der Waals surface area contributed by atoms with E-state index in [9.17, 15) is 8.42 Å². The summed E-state index contributed by atoms with van der Waals surface area (Å²) in [6, 6.07) is 24.1. The fraction of sp³-hybridized carbons (Fsp3) is 0.143. The highest BCUT2D eigenvalue weighted by molar-refractivity contribution is 9.10. The molecule has 2 N–H and O–H groups in total. The summed E-state index contributed by atoms with van der Waals surface area (Å²) in [5.74, 6) is 0.568. The van der Waals surface area contributed by atoms with Crippen molar-refractivity contribution < 1.29 is 17.5 Å². The number of halogens is 3. The number of hydrogen-bond acceptors (Lipinski definition) is 4. The van der Waals surface area contributed by atoms with Gasteiger partial charge in [-0.2, -0.15) is 0 Å². The first-order valence-electron chi connectivity index (χ1n) is 11.7. The molecule has 0 aliphatic heterocycles. The predicted molar refractivity (Wildman–Crippen MR) is 158 cm³/mol. The van der Waals surface area contributed by atoms with Gasteiger partial charge in [0.25, 0.3) is 10.0 Å². The van der Waals surface area contributed by atoms with Crippen molar-refractivity contribution in [2.75, 3.05) is 23.7 Å². The van der Waals surface area contributed by atoms with E-state index in [-0.39, 0.29) is 18.0 Å². The van der Waals surface area contributed by atoms with Crippen LogP contribution in [0.3, 0.4) is 0 Å². The Morgan fingerprint density at radius 1 is 0.895 bits per heavy atom. The molecule has 1 atom stereocenters. The van der Waals surface area contributed by atoms with Crippen LogP contribution in [0.5, 0.6) is 5.75 Å². The minimum absolute atomic E-state index is 0.0290. The van der Waals surface area contributed by atoms with E-state index in [0.29, 0.717) is 17.1 Å². The Morgan fingerprint density at radius 2 is 1.45 bits per heavy atom. The van der Waals surface area contributed by atoms with Crippen molar-refractivity contribution in [2.45, 2.75) is 17.6 Å². The van der Waals surface area contributed by atoms with Crippen LogP contribution in [-0.4, -0.2) is 32.8 Å². The number of sulfonamides is 1. The number of ether oxygens (including phenoxy) is 1. The molecule has 0 saturated heterocycles. The van der Waals surface area contributed by atoms with Crippen molar-refractivity contribution in [3.63, 3.8) is 0 Å². The Morgan fingerprint density at radius 3 is 1.97 bits per heavy atom. The van der Waals surface area contributed by atoms with Crippen LogP contribution in [0.2, 0.25) is 0 Å². The number of fused-ring (bicyclic) bond motifs is 3. The summed E-state index contributed by atoms with van der Waals surface area (Å²) < 4.78 is 53.4. The number of benzene rings is 4. The van der Waals surface area contributed by atoms with Crippen LogP contribution in [0.1, 0.15) is 0 Å². The number of nitrogen functional groups attached to an aromatic ring is 1. The van der Waals surface area contributed by atoms with Gasteiger partial charge >= 0.3 is 0 Å². The van der Waals surface area contributed by atoms with Crippen molar-refractivity contribution in [2.24, 2.45) is 0 Å². The second kappa shape index (κ2) is 10.6. The molecule has 0 spiro atoms. The molecule has 0 fully saturated rings. The molecule has 1 heterocycles. The highest BCUT2D eigenvalue weighted by atomic mass is 79.9. The standard InChI is InChI=1S/C28H24Br2FN3O3S/c1-37-23-8-6-22(7-9-23)34(38(35,36)24-10-4-21(32)5-11-24)17-20(31)16-33-27-12-2-18(29)14-25(27)26-15-19(30)3-13-28(26)33/h2-15,20H,16-17,32H2,1H3. The van der Waals surface area contributed by atoms with Gasteiger partial charge in [0.1, 0.15) is 11.9 Å². The first kappa shape index (κ1) is 26.5. The molecule has 6 nitrogen and oxygen atoms in total. The number of hydrogen-bond donors (Lipinski definition) is 1. The number of alkyl halides is 1. The molecule has 0 saturated carbocycles. The van der Waals surface area contributed by atoms with Crippen molar-refractivity contribution in [1.29, 1.82) is 0 Å². The molecule has 5 rings (SSSR count). The van der Waals surface area contributed by atoms with Gasteiger partial charge in [0.2, 0.25) is 0 Å². The van der Waals surface area contributed by atoms with Gasteiger partial charge in [-0.15, -0.1) is 0 Å². The monoisotopic (exact) mass is 659 g/mol. The third kappa shape index (κ3) is 5.12. The number of rotatable bonds is 8. The lowest BCUT2D eigenvalue weighted by atomic mass is 10.2. The zero-order valence-electron chi connectivity index (χ0n) is 20.3. The highest BCUT2D eigenvalue weighted by Crippen LogP contribution is 2.34. The van der Waals surface area contributed by atoms with Gasteiger partial charge in [-0.05, 0) is 84.9 Å². The minimum Gasteiger partial charge on any atom is -0.497 e. The molecule has 1 aromatic heterocycles. The van der Waals surface area contributed by atoms with Crippen LogP contribution in [0.15, 0.2) is 98.8 Å². The molecule has 0 aliphatic carbocycles. The number of nitrogens with two attached hydrogens (primary N) is 1. The first-order chi connectivity index (χ1) is 18.2. The normalized spacial score (nSPS) is 12.6. The molecular weight excluding hydrogens is 637 g/mol. The zero-order valence-corrected chi connectivity index (χ0v) is 24.3. The van der Waals surface area contributed by atoms with Crippen LogP contribution in [0.25, 0.3) is 21.8 Å². The van der Waals surface area contributed by atoms with Gasteiger partial charge in [0.05, 0.1) is 30.8 Å². The molecule has 196 valence electrons. The summed E-state index contributed by atoms with van der Waals surface area (Å²) in [4.78, 5) is 0.0290. The van der Waals surface area contributed by atoms with Crippen molar-refractivity contribution in [3.05, 3.63) is 93.9 Å². The molecule has 4 aromatic carbocycles. The average molecular weight is 661 g/mol. The maximum atomic E-state index is 16.0. The van der Waals surface area contributed by atoms with Gasteiger partial charge in [0.15, 0.2) is 0 Å². The maximum absolute atomic E-state index is 16.0. The fourth-order valence-electron chi connectivity index (χ4n) is 4.54. The van der Waals surface area contributed by atoms with E-state index < -0.39 is 16.2 Å². The Balaban J connectivity index is 1.54. The average Bonchev–Trinajstić information content (AvgIpc) is 3.19. The van der Waals surface area contributed by atoms with Gasteiger partial charge < -0.3 is 15.0 Å². The molecule has 10 heteroatoms. The summed E-state index contributed by atoms with van der Waals surface area (Å²) in [5.41, 5.74) is 8.26. The third-order valence-corrected chi connectivity index (χ3v) is 9.16. The number of nitrogens with zero attached hydrogens (tertiary/aromatic N) is 2. The van der Waals surface area contributed by atoms with Crippen LogP contribution in [0.4, 0.5) is 15.8 Å². The van der Waals surface area contributed by atoms with Crippen LogP contribution in [0, 0.1) is 0 Å². The molecule has 0 aliphatic rings. The Hall–Kier alpha value is -3.08. The Bertz CT molecular complexity index is 1660. The number of anilines is 2. The van der Waals surface area contributed by atoms with Gasteiger partial charge in [-0.3, -0.25) is 4.31 Å². The van der Waals surface area contributed by atoms with E-state index in [0.717, 1.165) is 35.1 Å². The maximum Gasteiger partial charge on any atom is 0.264 e. The summed E-state index contributed by atoms with van der Waals surface area (Å²) in [7, 11) is -2.56. The lowest BCUT2D eigenvalue weighted by Gasteiger charge is -2.27. The van der Waals surface area contributed by atoms with E-state index >= 15 is 4.39 Å². The third-order valence-electron chi connectivity index (χ3n) is 6.36. The van der Waals surface area contributed by atoms with Crippen LogP contribution in [-0.2, 0) is 16.6 Å². The molecule has 1 unspecified atom stereocenters. The highest BCUT2D eigenvalue weighted by Gasteiger charge is 2.28. The van der Waals surface area contributed by atoms with Crippen molar-refractivity contribution >= 4 is 75.1 Å². The predicted octanol–water partition coefficient (Wildman–Crippen LogP) is 7.14. The molecule has 0 radical (unpaired) electrons. The molecular formula is C28H24Br2FN3O3S. The summed E-state index contributed by atoms with van der Waals surface area (Å²) >= 11 is 7.06. The molecule has 5 aromatic rings. The smallest absolute Gasteiger partial charge is 0.264 e. The second-order valence-corrected chi connectivity index (χ2v) is 12.5. The summed E-state index contributed by atoms with van der Waals surface area (Å²) in [5, 5.41) is 1.95. The van der Waals surface area contributed by atoms with E-state index in [2.05, 4.69) is 31.9 Å². The number of aromatic nitrogens is 1. The molecule has 0 amide bonds. The SMILES string of the molecule is COc1ccc(N(CC(F)Cn2c3ccc(Br)cc3c3cc(Br)ccc32)S(=O)(=O)c2ccc(N)cc2)cc1. The van der Waals surface area contributed by atoms with Gasteiger partial charge in [0, 0.05) is 36.4 Å². The number of methoxy groups -OCH3 is 1. The van der Waals surface area contributed by atoms with Crippen molar-refractivity contribution in [1.82, 2.24) is 4.57 Å². The fourth-order valence-corrected chi connectivity index (χ4v) is 6.75. The lowest BCUT2D eigenvalue weighted by molar-refractivity contribution is 0.309. The van der Waals surface area contributed by atoms with Crippen LogP contribution >= 0.6 is 31.9 Å². The largest absolute Gasteiger partial charge is 0.497 e. The topological polar surface area (TPSA) is 77.6 Å². The van der Waals surface area contributed by atoms with E-state index in [1.807, 2.05) is 41.0 Å². The van der Waals surface area contributed by atoms with Gasteiger partial charge in [-0.25, -0.2) is 12.8 Å². The van der Waals surface area contributed by atoms with E-state index in [4.69, 9.17) is 10.5 Å². The Kier molecular flexibility index (Phi) is 7.39. The zero-order chi connectivity index (χ0) is 27.0.